The first-order valence-corrected chi connectivity index (χ1v) is 9.58. The summed E-state index contributed by atoms with van der Waals surface area (Å²) in [6, 6.07) is 12.7. The van der Waals surface area contributed by atoms with Crippen LogP contribution in [0.15, 0.2) is 53.2 Å². The van der Waals surface area contributed by atoms with Gasteiger partial charge in [-0.2, -0.15) is 0 Å². The molecule has 1 N–H and O–H groups in total. The van der Waals surface area contributed by atoms with Crippen LogP contribution in [-0.2, 0) is 16.0 Å². The number of benzene rings is 2. The normalized spacial score (nSPS) is 14.3. The average molecular weight is 403 g/mol. The zero-order valence-electron chi connectivity index (χ0n) is 15.2. The van der Waals surface area contributed by atoms with Crippen molar-refractivity contribution in [1.29, 1.82) is 0 Å². The molecule has 2 aromatic carbocycles. The van der Waals surface area contributed by atoms with Crippen LogP contribution in [0.5, 0.6) is 0 Å². The summed E-state index contributed by atoms with van der Waals surface area (Å²) in [4.78, 5) is 26.5. The summed E-state index contributed by atoms with van der Waals surface area (Å²) < 4.78 is 0. The second-order valence-electron chi connectivity index (χ2n) is 6.49. The maximum Gasteiger partial charge on any atom is 0.283 e. The van der Waals surface area contributed by atoms with Gasteiger partial charge in [0.05, 0.1) is 5.69 Å². The Balaban J connectivity index is 1.83. The third-order valence-electron chi connectivity index (χ3n) is 4.49. The first-order valence-electron chi connectivity index (χ1n) is 8.83. The minimum Gasteiger partial charge on any atom is -0.349 e. The van der Waals surface area contributed by atoms with Crippen LogP contribution in [-0.4, -0.2) is 11.8 Å². The fourth-order valence-corrected chi connectivity index (χ4v) is 3.38. The molecule has 0 atom stereocenters. The van der Waals surface area contributed by atoms with E-state index in [0.717, 1.165) is 29.7 Å². The van der Waals surface area contributed by atoms with Crippen LogP contribution in [0.4, 0.5) is 11.4 Å². The Kier molecular flexibility index (Phi) is 5.88. The van der Waals surface area contributed by atoms with Gasteiger partial charge in [-0.1, -0.05) is 48.7 Å². The lowest BCUT2D eigenvalue weighted by Gasteiger charge is -2.16. The summed E-state index contributed by atoms with van der Waals surface area (Å²) in [6.45, 7) is 4.00. The Bertz CT molecular complexity index is 920. The van der Waals surface area contributed by atoms with Crippen molar-refractivity contribution in [2.24, 2.45) is 0 Å². The monoisotopic (exact) mass is 402 g/mol. The third-order valence-corrected chi connectivity index (χ3v) is 5.07. The highest BCUT2D eigenvalue weighted by molar-refractivity contribution is 6.53. The van der Waals surface area contributed by atoms with E-state index in [-0.39, 0.29) is 10.7 Å². The maximum atomic E-state index is 12.8. The Morgan fingerprint density at radius 2 is 1.70 bits per heavy atom. The number of nitrogens with zero attached hydrogens (tertiary/aromatic N) is 1. The molecule has 1 heterocycles. The molecule has 140 valence electrons. The van der Waals surface area contributed by atoms with Gasteiger partial charge >= 0.3 is 0 Å². The van der Waals surface area contributed by atoms with Crippen molar-refractivity contribution in [1.82, 2.24) is 0 Å². The summed E-state index contributed by atoms with van der Waals surface area (Å²) >= 11 is 12.1. The molecule has 2 amide bonds. The number of rotatable bonds is 6. The average Bonchev–Trinajstić information content (AvgIpc) is 2.86. The highest BCUT2D eigenvalue weighted by atomic mass is 35.5. The predicted molar refractivity (Wildman–Crippen MR) is 110 cm³/mol. The summed E-state index contributed by atoms with van der Waals surface area (Å²) in [6.07, 6.45) is 3.19. The largest absolute Gasteiger partial charge is 0.349 e. The van der Waals surface area contributed by atoms with Gasteiger partial charge in [-0.3, -0.25) is 9.59 Å². The van der Waals surface area contributed by atoms with E-state index in [1.165, 1.54) is 5.56 Å². The van der Waals surface area contributed by atoms with E-state index >= 15 is 0 Å². The quantitative estimate of drug-likeness (QED) is 0.655. The zero-order valence-corrected chi connectivity index (χ0v) is 16.7. The molecule has 0 bridgehead atoms. The van der Waals surface area contributed by atoms with Crippen molar-refractivity contribution in [3.8, 4) is 0 Å². The lowest BCUT2D eigenvalue weighted by molar-refractivity contribution is -0.120. The molecule has 1 aliphatic heterocycles. The molecule has 0 radical (unpaired) electrons. The van der Waals surface area contributed by atoms with Crippen molar-refractivity contribution in [3.63, 3.8) is 0 Å². The van der Waals surface area contributed by atoms with Crippen LogP contribution < -0.4 is 10.2 Å². The van der Waals surface area contributed by atoms with E-state index in [1.54, 1.807) is 30.3 Å². The van der Waals surface area contributed by atoms with E-state index in [0.29, 0.717) is 16.4 Å². The molecule has 1 aliphatic rings. The van der Waals surface area contributed by atoms with Crippen molar-refractivity contribution in [3.05, 3.63) is 69.3 Å². The fraction of sp³-hybridized carbons (Fsp3) is 0.238. The number of unbranched alkanes of at least 4 members (excludes halogenated alkanes) is 1. The Morgan fingerprint density at radius 1 is 1.00 bits per heavy atom. The zero-order chi connectivity index (χ0) is 19.6. The molecule has 0 fully saturated rings. The lowest BCUT2D eigenvalue weighted by Crippen LogP contribution is -2.32. The molecule has 0 unspecified atom stereocenters. The van der Waals surface area contributed by atoms with Gasteiger partial charge in [-0.15, -0.1) is 0 Å². The number of anilines is 2. The van der Waals surface area contributed by atoms with Crippen molar-refractivity contribution in [2.45, 2.75) is 33.1 Å². The number of amides is 2. The molecule has 27 heavy (non-hydrogen) atoms. The molecule has 0 saturated heterocycles. The number of carbonyl (C=O) groups is 2. The van der Waals surface area contributed by atoms with Crippen LogP contribution >= 0.6 is 23.2 Å². The van der Waals surface area contributed by atoms with Crippen molar-refractivity contribution < 1.29 is 9.59 Å². The summed E-state index contributed by atoms with van der Waals surface area (Å²) in [5, 5.41) is 3.46. The van der Waals surface area contributed by atoms with Crippen LogP contribution in [0, 0.1) is 6.92 Å². The maximum absolute atomic E-state index is 12.8. The molecular weight excluding hydrogens is 383 g/mol. The molecule has 3 rings (SSSR count). The fourth-order valence-electron chi connectivity index (χ4n) is 2.94. The van der Waals surface area contributed by atoms with Gasteiger partial charge in [-0.25, -0.2) is 4.90 Å². The SMILES string of the molecule is CCCCc1ccc(N2C(=O)C(Cl)=C(Nc3ccc(Cl)cc3C)C2=O)cc1. The Labute approximate surface area is 168 Å². The van der Waals surface area contributed by atoms with Crippen molar-refractivity contribution >= 4 is 46.4 Å². The van der Waals surface area contributed by atoms with Gasteiger partial charge in [0.25, 0.3) is 11.8 Å². The van der Waals surface area contributed by atoms with Crippen LogP contribution in [0.3, 0.4) is 0 Å². The van der Waals surface area contributed by atoms with Crippen LogP contribution in [0.25, 0.3) is 0 Å². The highest BCUT2D eigenvalue weighted by Gasteiger charge is 2.39. The van der Waals surface area contributed by atoms with Crippen molar-refractivity contribution in [2.75, 3.05) is 10.2 Å². The molecule has 6 heteroatoms. The molecule has 4 nitrogen and oxygen atoms in total. The number of hydrogen-bond donors (Lipinski definition) is 1. The predicted octanol–water partition coefficient (Wildman–Crippen LogP) is 5.43. The van der Waals surface area contributed by atoms with E-state index in [1.807, 2.05) is 19.1 Å². The minimum absolute atomic E-state index is 0.0714. The molecule has 2 aromatic rings. The third kappa shape index (κ3) is 4.02. The number of aryl methyl sites for hydroxylation is 2. The number of halogens is 2. The molecule has 0 spiro atoms. The smallest absolute Gasteiger partial charge is 0.283 e. The summed E-state index contributed by atoms with van der Waals surface area (Å²) in [5.41, 5.74) is 3.27. The van der Waals surface area contributed by atoms with E-state index in [2.05, 4.69) is 12.2 Å². The second kappa shape index (κ2) is 8.15. The Morgan fingerprint density at radius 3 is 2.33 bits per heavy atom. The number of nitrogens with one attached hydrogen (secondary N) is 1. The van der Waals surface area contributed by atoms with Crippen LogP contribution in [0.1, 0.15) is 30.9 Å². The van der Waals surface area contributed by atoms with Gasteiger partial charge < -0.3 is 5.32 Å². The minimum atomic E-state index is -0.530. The molecule has 0 aromatic heterocycles. The highest BCUT2D eigenvalue weighted by Crippen LogP contribution is 2.31. The second-order valence-corrected chi connectivity index (χ2v) is 7.30. The Hall–Kier alpha value is -2.30. The topological polar surface area (TPSA) is 49.4 Å². The summed E-state index contributed by atoms with van der Waals surface area (Å²) in [5.74, 6) is -1.00. The molecule has 0 aliphatic carbocycles. The lowest BCUT2D eigenvalue weighted by atomic mass is 10.1. The summed E-state index contributed by atoms with van der Waals surface area (Å²) in [7, 11) is 0. The first-order chi connectivity index (χ1) is 12.9. The molecule has 0 saturated carbocycles. The van der Waals surface area contributed by atoms with E-state index in [9.17, 15) is 9.59 Å². The van der Waals surface area contributed by atoms with E-state index in [4.69, 9.17) is 23.2 Å². The standard InChI is InChI=1S/C21H20Cl2N2O2/c1-3-4-5-14-6-9-16(10-7-14)25-20(26)18(23)19(21(25)27)24-17-11-8-15(22)12-13(17)2/h6-12,24H,3-5H2,1-2H3. The van der Waals surface area contributed by atoms with Gasteiger partial charge in [0.2, 0.25) is 0 Å². The number of carbonyl (C=O) groups excluding carboxylic acids is 2. The van der Waals surface area contributed by atoms with Gasteiger partial charge in [0.1, 0.15) is 10.7 Å². The number of hydrogen-bond acceptors (Lipinski definition) is 3. The van der Waals surface area contributed by atoms with Crippen LogP contribution in [0.2, 0.25) is 5.02 Å². The van der Waals surface area contributed by atoms with E-state index < -0.39 is 11.8 Å². The van der Waals surface area contributed by atoms with Gasteiger partial charge in [0.15, 0.2) is 0 Å². The van der Waals surface area contributed by atoms with Gasteiger partial charge in [0, 0.05) is 10.7 Å². The van der Waals surface area contributed by atoms with Gasteiger partial charge in [-0.05, 0) is 61.2 Å². The number of imide groups is 1. The first kappa shape index (κ1) is 19.5. The molecular formula is C21H20Cl2N2O2.